The lowest BCUT2D eigenvalue weighted by molar-refractivity contribution is -0.137. The number of piperazine rings is 1. The first kappa shape index (κ1) is 26.9. The highest BCUT2D eigenvalue weighted by Crippen LogP contribution is 2.26. The van der Waals surface area contributed by atoms with Gasteiger partial charge in [0.2, 0.25) is 5.91 Å². The molecule has 40 heavy (non-hydrogen) atoms. The van der Waals surface area contributed by atoms with E-state index >= 15 is 0 Å². The number of aromatic nitrogens is 2. The van der Waals surface area contributed by atoms with Gasteiger partial charge in [0, 0.05) is 50.0 Å². The summed E-state index contributed by atoms with van der Waals surface area (Å²) in [5, 5.41) is 0.746. The fourth-order valence-electron chi connectivity index (χ4n) is 6.38. The van der Waals surface area contributed by atoms with E-state index in [1.54, 1.807) is 0 Å². The van der Waals surface area contributed by atoms with Crippen LogP contribution in [0.15, 0.2) is 66.7 Å². The van der Waals surface area contributed by atoms with Gasteiger partial charge in [-0.15, -0.1) is 0 Å². The van der Waals surface area contributed by atoms with E-state index in [0.29, 0.717) is 5.91 Å². The Bertz CT molecular complexity index is 1490. The molecular formula is C33H38ClN5O. The third-order valence-electron chi connectivity index (χ3n) is 8.49. The number of rotatable bonds is 6. The van der Waals surface area contributed by atoms with Crippen LogP contribution >= 0.6 is 11.6 Å². The Balaban J connectivity index is 1.12. The molecule has 1 atom stereocenters. The van der Waals surface area contributed by atoms with Crippen molar-refractivity contribution < 1.29 is 4.79 Å². The fraction of sp³-hybridized carbons (Fsp3) is 0.394. The lowest BCUT2D eigenvalue weighted by atomic mass is 9.96. The Morgan fingerprint density at radius 2 is 1.70 bits per heavy atom. The normalized spacial score (nSPS) is 18.4. The van der Waals surface area contributed by atoms with Gasteiger partial charge in [-0.25, -0.2) is 4.98 Å². The molecule has 0 bridgehead atoms. The monoisotopic (exact) mass is 555 g/mol. The van der Waals surface area contributed by atoms with Crippen molar-refractivity contribution in [3.05, 3.63) is 94.3 Å². The van der Waals surface area contributed by atoms with Crippen LogP contribution in [0.3, 0.4) is 0 Å². The van der Waals surface area contributed by atoms with Crippen LogP contribution in [0.2, 0.25) is 5.02 Å². The number of nitrogens with zero attached hydrogens (tertiary/aromatic N) is 5. The number of imidazole rings is 1. The number of anilines is 1. The van der Waals surface area contributed by atoms with Crippen molar-refractivity contribution in [3.8, 4) is 0 Å². The zero-order chi connectivity index (χ0) is 27.6. The first-order valence-electron chi connectivity index (χ1n) is 14.5. The van der Waals surface area contributed by atoms with E-state index in [-0.39, 0.29) is 5.92 Å². The lowest BCUT2D eigenvalue weighted by Crippen LogP contribution is -2.52. The molecule has 1 aromatic heterocycles. The van der Waals surface area contributed by atoms with E-state index < -0.39 is 0 Å². The van der Waals surface area contributed by atoms with E-state index in [1.165, 1.54) is 22.4 Å². The minimum Gasteiger partial charge on any atom is -0.368 e. The minimum absolute atomic E-state index is 0.0514. The van der Waals surface area contributed by atoms with Gasteiger partial charge >= 0.3 is 0 Å². The number of para-hydroxylation sites is 2. The molecule has 208 valence electrons. The Kier molecular flexibility index (Phi) is 7.81. The zero-order valence-electron chi connectivity index (χ0n) is 23.5. The summed E-state index contributed by atoms with van der Waals surface area (Å²) in [5.74, 6) is 1.42. The van der Waals surface area contributed by atoms with Crippen LogP contribution in [0, 0.1) is 19.8 Å². The molecule has 0 aliphatic carbocycles. The van der Waals surface area contributed by atoms with Crippen LogP contribution in [-0.2, 0) is 17.9 Å². The highest BCUT2D eigenvalue weighted by atomic mass is 35.5. The number of benzene rings is 3. The van der Waals surface area contributed by atoms with Gasteiger partial charge in [0.05, 0.1) is 23.5 Å². The molecule has 6 nitrogen and oxygen atoms in total. The van der Waals surface area contributed by atoms with Crippen LogP contribution in [-0.4, -0.2) is 64.5 Å². The standard InChI is InChI=1S/C33H38ClN5O/c1-24-9-14-30(25(2)20-24)37-16-18-38(19-17-37)33(40)27-6-5-15-36(22-27)23-32-35-29-7-3-4-8-31(29)39(32)21-26-10-12-28(34)13-11-26/h3-4,7-14,20,27H,5-6,15-19,21-23H2,1-2H3/t27-/m0/s1. The highest BCUT2D eigenvalue weighted by Gasteiger charge is 2.32. The number of carbonyl (C=O) groups excluding carboxylic acids is 1. The van der Waals surface area contributed by atoms with E-state index in [9.17, 15) is 4.79 Å². The molecule has 2 aliphatic heterocycles. The summed E-state index contributed by atoms with van der Waals surface area (Å²) >= 11 is 6.13. The highest BCUT2D eigenvalue weighted by molar-refractivity contribution is 6.30. The molecule has 3 heterocycles. The Morgan fingerprint density at radius 3 is 2.48 bits per heavy atom. The van der Waals surface area contributed by atoms with Crippen molar-refractivity contribution in [2.75, 3.05) is 44.2 Å². The van der Waals surface area contributed by atoms with Gasteiger partial charge in [-0.1, -0.05) is 53.6 Å². The first-order valence-corrected chi connectivity index (χ1v) is 14.8. The number of carbonyl (C=O) groups is 1. The number of piperidine rings is 1. The van der Waals surface area contributed by atoms with E-state index in [1.807, 2.05) is 18.2 Å². The maximum absolute atomic E-state index is 13.6. The van der Waals surface area contributed by atoms with Crippen LogP contribution < -0.4 is 4.90 Å². The molecule has 3 aromatic carbocycles. The number of likely N-dealkylation sites (tertiary alicyclic amines) is 1. The number of halogens is 1. The third kappa shape index (κ3) is 5.74. The first-order chi connectivity index (χ1) is 19.4. The van der Waals surface area contributed by atoms with Crippen molar-refractivity contribution in [1.29, 1.82) is 0 Å². The van der Waals surface area contributed by atoms with Crippen LogP contribution in [0.4, 0.5) is 5.69 Å². The molecule has 0 radical (unpaired) electrons. The Hall–Kier alpha value is -3.35. The van der Waals surface area contributed by atoms with E-state index in [4.69, 9.17) is 16.6 Å². The quantitative estimate of drug-likeness (QED) is 0.296. The fourth-order valence-corrected chi connectivity index (χ4v) is 6.51. The Morgan fingerprint density at radius 1 is 0.925 bits per heavy atom. The number of aryl methyl sites for hydroxylation is 2. The second-order valence-electron chi connectivity index (χ2n) is 11.4. The summed E-state index contributed by atoms with van der Waals surface area (Å²) in [6, 6.07) is 23.0. The van der Waals surface area contributed by atoms with Crippen molar-refractivity contribution in [2.45, 2.75) is 39.8 Å². The number of hydrogen-bond acceptors (Lipinski definition) is 4. The Labute approximate surface area is 242 Å². The molecule has 2 fully saturated rings. The average molecular weight is 556 g/mol. The maximum Gasteiger partial charge on any atom is 0.227 e. The summed E-state index contributed by atoms with van der Waals surface area (Å²) in [7, 11) is 0. The molecule has 1 amide bonds. The summed E-state index contributed by atoms with van der Waals surface area (Å²) in [6.45, 7) is 11.0. The van der Waals surface area contributed by atoms with Gasteiger partial charge in [-0.3, -0.25) is 9.69 Å². The van der Waals surface area contributed by atoms with Crippen molar-refractivity contribution in [2.24, 2.45) is 5.92 Å². The van der Waals surface area contributed by atoms with Gasteiger partial charge in [0.15, 0.2) is 0 Å². The molecule has 0 spiro atoms. The summed E-state index contributed by atoms with van der Waals surface area (Å²) in [5.41, 5.74) is 7.24. The summed E-state index contributed by atoms with van der Waals surface area (Å²) in [4.78, 5) is 25.6. The average Bonchev–Trinajstić information content (AvgIpc) is 3.30. The molecule has 0 unspecified atom stereocenters. The van der Waals surface area contributed by atoms with Crippen molar-refractivity contribution in [1.82, 2.24) is 19.4 Å². The number of amides is 1. The van der Waals surface area contributed by atoms with Crippen LogP contribution in [0.25, 0.3) is 11.0 Å². The number of hydrogen-bond donors (Lipinski definition) is 0. The maximum atomic E-state index is 13.6. The SMILES string of the molecule is Cc1ccc(N2CCN(C(=O)[C@H]3CCCN(Cc4nc5ccccc5n4Cc4ccc(Cl)cc4)C3)CC2)c(C)c1. The zero-order valence-corrected chi connectivity index (χ0v) is 24.3. The predicted molar refractivity (Wildman–Crippen MR) is 163 cm³/mol. The second kappa shape index (κ2) is 11.6. The summed E-state index contributed by atoms with van der Waals surface area (Å²) < 4.78 is 2.32. The molecule has 0 N–H and O–H groups in total. The van der Waals surface area contributed by atoms with Crippen LogP contribution in [0.5, 0.6) is 0 Å². The summed E-state index contributed by atoms with van der Waals surface area (Å²) in [6.07, 6.45) is 2.00. The van der Waals surface area contributed by atoms with Gasteiger partial charge in [0.1, 0.15) is 5.82 Å². The largest absolute Gasteiger partial charge is 0.368 e. The van der Waals surface area contributed by atoms with Gasteiger partial charge in [-0.05, 0) is 74.7 Å². The smallest absolute Gasteiger partial charge is 0.227 e. The van der Waals surface area contributed by atoms with Crippen molar-refractivity contribution >= 4 is 34.2 Å². The lowest BCUT2D eigenvalue weighted by Gasteiger charge is -2.40. The molecule has 4 aromatic rings. The minimum atomic E-state index is 0.0514. The van der Waals surface area contributed by atoms with Gasteiger partial charge in [0.25, 0.3) is 0 Å². The molecule has 6 rings (SSSR count). The number of fused-ring (bicyclic) bond motifs is 1. The van der Waals surface area contributed by atoms with Gasteiger partial charge < -0.3 is 14.4 Å². The van der Waals surface area contributed by atoms with Gasteiger partial charge in [-0.2, -0.15) is 0 Å². The molecular weight excluding hydrogens is 518 g/mol. The van der Waals surface area contributed by atoms with Crippen molar-refractivity contribution in [3.63, 3.8) is 0 Å². The molecule has 7 heteroatoms. The molecule has 0 saturated carbocycles. The topological polar surface area (TPSA) is 44.6 Å². The van der Waals surface area contributed by atoms with E-state index in [2.05, 4.69) is 81.6 Å². The van der Waals surface area contributed by atoms with Crippen LogP contribution in [0.1, 0.15) is 35.4 Å². The third-order valence-corrected chi connectivity index (χ3v) is 8.74. The molecule has 2 aliphatic rings. The molecule has 2 saturated heterocycles. The second-order valence-corrected chi connectivity index (χ2v) is 11.8. The van der Waals surface area contributed by atoms with E-state index in [0.717, 1.165) is 87.1 Å². The predicted octanol–water partition coefficient (Wildman–Crippen LogP) is 5.92.